The van der Waals surface area contributed by atoms with Gasteiger partial charge in [-0.25, -0.2) is 0 Å². The molecule has 0 amide bonds. The van der Waals surface area contributed by atoms with Gasteiger partial charge in [-0.15, -0.1) is 0 Å². The van der Waals surface area contributed by atoms with Crippen LogP contribution in [0.15, 0.2) is 36.4 Å². The van der Waals surface area contributed by atoms with E-state index in [1.54, 1.807) is 31.2 Å². The summed E-state index contributed by atoms with van der Waals surface area (Å²) in [5.41, 5.74) is 0.647. The Balaban J connectivity index is 2.42. The van der Waals surface area contributed by atoms with Crippen molar-refractivity contribution in [2.45, 2.75) is 12.8 Å². The van der Waals surface area contributed by atoms with Crippen molar-refractivity contribution in [3.8, 4) is 5.75 Å². The summed E-state index contributed by atoms with van der Waals surface area (Å²) in [5.74, 6) is -1.57. The first-order valence-electron chi connectivity index (χ1n) is 5.70. The standard InChI is InChI=1S/C13H12O6S/c1-8(13(14)15)9-2-3-11-7-12(19-20(16,17)18)5-4-10(11)6-9/h2-8H,1H3,(H,14,15)(H,16,17,18). The van der Waals surface area contributed by atoms with Crippen molar-refractivity contribution in [1.29, 1.82) is 0 Å². The van der Waals surface area contributed by atoms with Crippen molar-refractivity contribution >= 4 is 27.1 Å². The first-order chi connectivity index (χ1) is 9.26. The fraction of sp³-hybridized carbons (Fsp3) is 0.154. The van der Waals surface area contributed by atoms with E-state index in [4.69, 9.17) is 9.66 Å². The Bertz CT molecular complexity index is 766. The summed E-state index contributed by atoms with van der Waals surface area (Å²) >= 11 is 0. The molecule has 7 heteroatoms. The van der Waals surface area contributed by atoms with Crippen molar-refractivity contribution in [1.82, 2.24) is 0 Å². The number of carbonyl (C=O) groups is 1. The third-order valence-electron chi connectivity index (χ3n) is 2.91. The van der Waals surface area contributed by atoms with E-state index < -0.39 is 22.3 Å². The largest absolute Gasteiger partial charge is 0.481 e. The minimum absolute atomic E-state index is 0.0148. The van der Waals surface area contributed by atoms with Crippen molar-refractivity contribution in [3.05, 3.63) is 42.0 Å². The zero-order valence-corrected chi connectivity index (χ0v) is 11.3. The van der Waals surface area contributed by atoms with E-state index in [-0.39, 0.29) is 5.75 Å². The summed E-state index contributed by atoms with van der Waals surface area (Å²) in [7, 11) is -4.56. The lowest BCUT2D eigenvalue weighted by Gasteiger charge is -2.09. The summed E-state index contributed by atoms with van der Waals surface area (Å²) < 4.78 is 34.2. The summed E-state index contributed by atoms with van der Waals surface area (Å²) in [6.07, 6.45) is 0. The predicted octanol–water partition coefficient (Wildman–Crippen LogP) is 2.21. The van der Waals surface area contributed by atoms with Gasteiger partial charge in [0.25, 0.3) is 0 Å². The van der Waals surface area contributed by atoms with Gasteiger partial charge in [0.1, 0.15) is 5.75 Å². The maximum atomic E-state index is 10.9. The molecule has 0 aromatic heterocycles. The summed E-state index contributed by atoms with van der Waals surface area (Å²) in [6.45, 7) is 1.58. The molecular formula is C13H12O6S. The molecule has 0 bridgehead atoms. The quantitative estimate of drug-likeness (QED) is 0.839. The summed E-state index contributed by atoms with van der Waals surface area (Å²) in [4.78, 5) is 10.9. The Hall–Kier alpha value is -2.12. The van der Waals surface area contributed by atoms with Crippen molar-refractivity contribution in [2.75, 3.05) is 0 Å². The van der Waals surface area contributed by atoms with E-state index >= 15 is 0 Å². The fourth-order valence-electron chi connectivity index (χ4n) is 1.83. The Morgan fingerprint density at radius 2 is 1.75 bits per heavy atom. The number of rotatable bonds is 4. The molecule has 2 aromatic carbocycles. The second-order valence-corrected chi connectivity index (χ2v) is 5.36. The molecule has 0 saturated heterocycles. The molecule has 2 N–H and O–H groups in total. The Morgan fingerprint density at radius 1 is 1.15 bits per heavy atom. The van der Waals surface area contributed by atoms with E-state index in [2.05, 4.69) is 4.18 Å². The molecule has 106 valence electrons. The zero-order chi connectivity index (χ0) is 14.9. The van der Waals surface area contributed by atoms with Crippen molar-refractivity contribution in [2.24, 2.45) is 0 Å². The lowest BCUT2D eigenvalue weighted by atomic mass is 9.98. The van der Waals surface area contributed by atoms with Crippen LogP contribution < -0.4 is 4.18 Å². The van der Waals surface area contributed by atoms with Crippen LogP contribution in [0.2, 0.25) is 0 Å². The molecule has 0 aliphatic heterocycles. The number of benzene rings is 2. The third kappa shape index (κ3) is 3.25. The topological polar surface area (TPSA) is 101 Å². The highest BCUT2D eigenvalue weighted by Gasteiger charge is 2.14. The first kappa shape index (κ1) is 14.3. The van der Waals surface area contributed by atoms with Gasteiger partial charge in [0.2, 0.25) is 0 Å². The van der Waals surface area contributed by atoms with Gasteiger partial charge in [0, 0.05) is 0 Å². The normalized spacial score (nSPS) is 13.1. The van der Waals surface area contributed by atoms with Crippen LogP contribution in [-0.4, -0.2) is 24.0 Å². The molecule has 0 aliphatic carbocycles. The Kier molecular flexibility index (Phi) is 3.65. The van der Waals surface area contributed by atoms with Crippen LogP contribution >= 0.6 is 0 Å². The number of hydrogen-bond acceptors (Lipinski definition) is 4. The van der Waals surface area contributed by atoms with Crippen LogP contribution in [0.25, 0.3) is 10.8 Å². The smallest absolute Gasteiger partial charge is 0.446 e. The van der Waals surface area contributed by atoms with Crippen LogP contribution in [0.4, 0.5) is 0 Å². The van der Waals surface area contributed by atoms with Gasteiger partial charge in [-0.3, -0.25) is 9.35 Å². The second-order valence-electron chi connectivity index (χ2n) is 4.34. The van der Waals surface area contributed by atoms with Gasteiger partial charge in [0.15, 0.2) is 0 Å². The van der Waals surface area contributed by atoms with Crippen LogP contribution in [-0.2, 0) is 15.2 Å². The van der Waals surface area contributed by atoms with Crippen LogP contribution in [0.5, 0.6) is 5.75 Å². The molecule has 0 heterocycles. The minimum Gasteiger partial charge on any atom is -0.481 e. The van der Waals surface area contributed by atoms with Gasteiger partial charge in [-0.05, 0) is 35.4 Å². The summed E-state index contributed by atoms with van der Waals surface area (Å²) in [5, 5.41) is 10.4. The molecule has 0 saturated carbocycles. The number of carboxylic acid groups (broad SMARTS) is 1. The SMILES string of the molecule is CC(C(=O)O)c1ccc2cc(OS(=O)(=O)O)ccc2c1. The molecule has 0 radical (unpaired) electrons. The molecule has 0 spiro atoms. The molecule has 1 atom stereocenters. The maximum absolute atomic E-state index is 10.9. The lowest BCUT2D eigenvalue weighted by molar-refractivity contribution is -0.138. The van der Waals surface area contributed by atoms with Crippen molar-refractivity contribution in [3.63, 3.8) is 0 Å². The molecule has 20 heavy (non-hydrogen) atoms. The molecular weight excluding hydrogens is 284 g/mol. The highest BCUT2D eigenvalue weighted by Crippen LogP contribution is 2.25. The van der Waals surface area contributed by atoms with E-state index in [9.17, 15) is 13.2 Å². The van der Waals surface area contributed by atoms with Crippen LogP contribution in [0.3, 0.4) is 0 Å². The van der Waals surface area contributed by atoms with Crippen LogP contribution in [0.1, 0.15) is 18.4 Å². The lowest BCUT2D eigenvalue weighted by Crippen LogP contribution is -2.07. The highest BCUT2D eigenvalue weighted by molar-refractivity contribution is 7.81. The highest BCUT2D eigenvalue weighted by atomic mass is 32.3. The average Bonchev–Trinajstić information content (AvgIpc) is 2.35. The predicted molar refractivity (Wildman–Crippen MR) is 72.2 cm³/mol. The average molecular weight is 296 g/mol. The van der Waals surface area contributed by atoms with E-state index in [1.165, 1.54) is 12.1 Å². The molecule has 0 aliphatic rings. The van der Waals surface area contributed by atoms with E-state index in [1.807, 2.05) is 0 Å². The van der Waals surface area contributed by atoms with Gasteiger partial charge in [-0.2, -0.15) is 8.42 Å². The van der Waals surface area contributed by atoms with Crippen molar-refractivity contribution < 1.29 is 27.1 Å². The number of hydrogen-bond donors (Lipinski definition) is 2. The number of carboxylic acids is 1. The third-order valence-corrected chi connectivity index (χ3v) is 3.31. The molecule has 0 fully saturated rings. The monoisotopic (exact) mass is 296 g/mol. The molecule has 6 nitrogen and oxygen atoms in total. The van der Waals surface area contributed by atoms with Gasteiger partial charge < -0.3 is 9.29 Å². The van der Waals surface area contributed by atoms with Gasteiger partial charge in [0.05, 0.1) is 5.92 Å². The zero-order valence-electron chi connectivity index (χ0n) is 10.5. The van der Waals surface area contributed by atoms with Gasteiger partial charge in [-0.1, -0.05) is 24.3 Å². The van der Waals surface area contributed by atoms with Gasteiger partial charge >= 0.3 is 16.4 Å². The fourth-order valence-corrected chi connectivity index (χ4v) is 2.17. The molecule has 1 unspecified atom stereocenters. The Labute approximate surface area is 115 Å². The minimum atomic E-state index is -4.56. The van der Waals surface area contributed by atoms with Crippen LogP contribution in [0, 0.1) is 0 Å². The summed E-state index contributed by atoms with van der Waals surface area (Å²) in [6, 6.07) is 9.45. The second kappa shape index (κ2) is 5.10. The maximum Gasteiger partial charge on any atom is 0.446 e. The molecule has 2 rings (SSSR count). The number of fused-ring (bicyclic) bond motifs is 1. The van der Waals surface area contributed by atoms with E-state index in [0.717, 1.165) is 5.39 Å². The molecule has 2 aromatic rings. The first-order valence-corrected chi connectivity index (χ1v) is 7.06. The van der Waals surface area contributed by atoms with E-state index in [0.29, 0.717) is 10.9 Å². The number of aliphatic carboxylic acids is 1. The Morgan fingerprint density at radius 3 is 2.35 bits per heavy atom.